The molecule has 2 fully saturated rings. The molecule has 1 unspecified atom stereocenters. The van der Waals surface area contributed by atoms with Gasteiger partial charge in [-0.1, -0.05) is 22.0 Å². The second kappa shape index (κ2) is 6.16. The van der Waals surface area contributed by atoms with Crippen molar-refractivity contribution < 1.29 is 23.5 Å². The smallest absolute Gasteiger partial charge is 0.326 e. The van der Waals surface area contributed by atoms with Gasteiger partial charge in [-0.05, 0) is 37.8 Å². The SMILES string of the molecule is CC1(C2CC2)NC(=O)N(CC(=O)OCc2ccc(F)cc2Br)C1=O. The van der Waals surface area contributed by atoms with Gasteiger partial charge in [0.15, 0.2) is 0 Å². The van der Waals surface area contributed by atoms with Crippen LogP contribution in [-0.2, 0) is 20.9 Å². The monoisotopic (exact) mass is 398 g/mol. The molecule has 1 heterocycles. The highest BCUT2D eigenvalue weighted by Gasteiger charge is 2.56. The van der Waals surface area contributed by atoms with Crippen LogP contribution in [0.25, 0.3) is 0 Å². The van der Waals surface area contributed by atoms with Crippen LogP contribution in [0, 0.1) is 11.7 Å². The molecule has 1 aliphatic heterocycles. The van der Waals surface area contributed by atoms with E-state index in [0.29, 0.717) is 10.0 Å². The third kappa shape index (κ3) is 3.15. The maximum atomic E-state index is 13.0. The van der Waals surface area contributed by atoms with Crippen molar-refractivity contribution in [2.75, 3.05) is 6.54 Å². The molecule has 1 saturated heterocycles. The third-order valence-electron chi connectivity index (χ3n) is 4.39. The average Bonchev–Trinajstić information content (AvgIpc) is 3.33. The van der Waals surface area contributed by atoms with Crippen LogP contribution in [0.4, 0.5) is 9.18 Å². The molecule has 6 nitrogen and oxygen atoms in total. The lowest BCUT2D eigenvalue weighted by atomic mass is 9.96. The van der Waals surface area contributed by atoms with Crippen molar-refractivity contribution in [3.05, 3.63) is 34.1 Å². The van der Waals surface area contributed by atoms with E-state index in [9.17, 15) is 18.8 Å². The number of halogens is 2. The van der Waals surface area contributed by atoms with Crippen LogP contribution in [0.15, 0.2) is 22.7 Å². The highest BCUT2D eigenvalue weighted by molar-refractivity contribution is 9.10. The second-order valence-corrected chi connectivity index (χ2v) is 7.05. The molecule has 8 heteroatoms. The van der Waals surface area contributed by atoms with Gasteiger partial charge in [0, 0.05) is 10.0 Å². The maximum Gasteiger partial charge on any atom is 0.326 e. The van der Waals surface area contributed by atoms with E-state index in [1.54, 1.807) is 6.92 Å². The van der Waals surface area contributed by atoms with Gasteiger partial charge in [-0.15, -0.1) is 0 Å². The average molecular weight is 399 g/mol. The van der Waals surface area contributed by atoms with Gasteiger partial charge in [-0.3, -0.25) is 14.5 Å². The van der Waals surface area contributed by atoms with Gasteiger partial charge in [0.25, 0.3) is 5.91 Å². The fourth-order valence-corrected chi connectivity index (χ4v) is 3.23. The van der Waals surface area contributed by atoms with Gasteiger partial charge >= 0.3 is 12.0 Å². The summed E-state index contributed by atoms with van der Waals surface area (Å²) < 4.78 is 18.6. The number of esters is 1. The van der Waals surface area contributed by atoms with Crippen LogP contribution in [0.3, 0.4) is 0 Å². The molecule has 0 radical (unpaired) electrons. The fourth-order valence-electron chi connectivity index (χ4n) is 2.77. The Balaban J connectivity index is 1.58. The lowest BCUT2D eigenvalue weighted by molar-refractivity contribution is -0.148. The summed E-state index contributed by atoms with van der Waals surface area (Å²) in [6.45, 7) is 1.17. The minimum atomic E-state index is -0.919. The number of benzene rings is 1. The van der Waals surface area contributed by atoms with Gasteiger partial charge in [-0.25, -0.2) is 9.18 Å². The molecule has 128 valence electrons. The molecular formula is C16H16BrFN2O4. The first-order valence-electron chi connectivity index (χ1n) is 7.55. The number of nitrogens with zero attached hydrogens (tertiary/aromatic N) is 1. The number of carbonyl (C=O) groups excluding carboxylic acids is 3. The zero-order chi connectivity index (χ0) is 17.5. The molecule has 1 atom stereocenters. The zero-order valence-corrected chi connectivity index (χ0v) is 14.6. The zero-order valence-electron chi connectivity index (χ0n) is 13.0. The molecule has 1 N–H and O–H groups in total. The molecule has 3 amide bonds. The Labute approximate surface area is 146 Å². The van der Waals surface area contributed by atoms with Gasteiger partial charge in [0.2, 0.25) is 0 Å². The van der Waals surface area contributed by atoms with Crippen molar-refractivity contribution >= 4 is 33.8 Å². The summed E-state index contributed by atoms with van der Waals surface area (Å²) in [4.78, 5) is 37.2. The number of hydrogen-bond acceptors (Lipinski definition) is 4. The van der Waals surface area contributed by atoms with Gasteiger partial charge in [0.1, 0.15) is 24.5 Å². The highest BCUT2D eigenvalue weighted by Crippen LogP contribution is 2.42. The standard InChI is InChI=1S/C16H16BrFN2O4/c1-16(10-3-4-10)14(22)20(15(23)19-16)7-13(21)24-8-9-2-5-11(18)6-12(9)17/h2,5-6,10H,3-4,7-8H2,1H3,(H,19,23). The second-order valence-electron chi connectivity index (χ2n) is 6.19. The van der Waals surface area contributed by atoms with Crippen molar-refractivity contribution in [2.24, 2.45) is 5.92 Å². The number of rotatable bonds is 5. The molecule has 0 spiro atoms. The molecule has 1 aromatic carbocycles. The number of carbonyl (C=O) groups is 3. The minimum Gasteiger partial charge on any atom is -0.459 e. The summed E-state index contributed by atoms with van der Waals surface area (Å²) in [5, 5.41) is 2.67. The van der Waals surface area contributed by atoms with Crippen molar-refractivity contribution in [3.63, 3.8) is 0 Å². The fraction of sp³-hybridized carbons (Fsp3) is 0.438. The Morgan fingerprint density at radius 3 is 2.79 bits per heavy atom. The third-order valence-corrected chi connectivity index (χ3v) is 5.12. The number of hydrogen-bond donors (Lipinski definition) is 1. The van der Waals surface area contributed by atoms with Crippen LogP contribution >= 0.6 is 15.9 Å². The van der Waals surface area contributed by atoms with Gasteiger partial charge < -0.3 is 10.1 Å². The summed E-state index contributed by atoms with van der Waals surface area (Å²) in [6, 6.07) is 3.44. The molecular weight excluding hydrogens is 383 g/mol. The van der Waals surface area contributed by atoms with Gasteiger partial charge in [0.05, 0.1) is 0 Å². The Hall–Kier alpha value is -1.96. The number of ether oxygens (including phenoxy) is 1. The van der Waals surface area contributed by atoms with Crippen LogP contribution < -0.4 is 5.32 Å². The Morgan fingerprint density at radius 1 is 1.46 bits per heavy atom. The molecule has 1 aromatic rings. The molecule has 1 aliphatic carbocycles. The minimum absolute atomic E-state index is 0.0801. The van der Waals surface area contributed by atoms with Gasteiger partial charge in [-0.2, -0.15) is 0 Å². The quantitative estimate of drug-likeness (QED) is 0.610. The maximum absolute atomic E-state index is 13.0. The topological polar surface area (TPSA) is 75.7 Å². The highest BCUT2D eigenvalue weighted by atomic mass is 79.9. The molecule has 0 bridgehead atoms. The molecule has 24 heavy (non-hydrogen) atoms. The van der Waals surface area contributed by atoms with E-state index < -0.39 is 35.8 Å². The van der Waals surface area contributed by atoms with E-state index in [1.165, 1.54) is 18.2 Å². The van der Waals surface area contributed by atoms with E-state index in [0.717, 1.165) is 17.7 Å². The first-order chi connectivity index (χ1) is 11.3. The van der Waals surface area contributed by atoms with Crippen LogP contribution in [0.1, 0.15) is 25.3 Å². The summed E-state index contributed by atoms with van der Waals surface area (Å²) in [5.74, 6) is -1.37. The Bertz CT molecular complexity index is 722. The van der Waals surface area contributed by atoms with E-state index in [-0.39, 0.29) is 12.5 Å². The van der Waals surface area contributed by atoms with Crippen molar-refractivity contribution in [1.29, 1.82) is 0 Å². The van der Waals surface area contributed by atoms with E-state index in [1.807, 2.05) is 0 Å². The molecule has 1 saturated carbocycles. The molecule has 0 aromatic heterocycles. The summed E-state index contributed by atoms with van der Waals surface area (Å²) in [6.07, 6.45) is 1.78. The van der Waals surface area contributed by atoms with E-state index in [4.69, 9.17) is 4.74 Å². The van der Waals surface area contributed by atoms with Crippen molar-refractivity contribution in [2.45, 2.75) is 31.9 Å². The predicted octanol–water partition coefficient (Wildman–Crippen LogP) is 2.35. The Kier molecular flexibility index (Phi) is 4.33. The van der Waals surface area contributed by atoms with Crippen molar-refractivity contribution in [1.82, 2.24) is 10.2 Å². The normalized spacial score (nSPS) is 23.4. The number of nitrogens with one attached hydrogen (secondary N) is 1. The summed E-state index contributed by atoms with van der Waals surface area (Å²) in [7, 11) is 0. The number of urea groups is 1. The molecule has 3 rings (SSSR count). The summed E-state index contributed by atoms with van der Waals surface area (Å²) in [5.41, 5.74) is -0.332. The lowest BCUT2D eigenvalue weighted by Gasteiger charge is -2.20. The van der Waals surface area contributed by atoms with Crippen LogP contribution in [0.2, 0.25) is 0 Å². The van der Waals surface area contributed by atoms with Crippen LogP contribution in [-0.4, -0.2) is 34.9 Å². The lowest BCUT2D eigenvalue weighted by Crippen LogP contribution is -2.46. The largest absolute Gasteiger partial charge is 0.459 e. The van der Waals surface area contributed by atoms with E-state index >= 15 is 0 Å². The molecule has 2 aliphatic rings. The van der Waals surface area contributed by atoms with Crippen molar-refractivity contribution in [3.8, 4) is 0 Å². The first-order valence-corrected chi connectivity index (χ1v) is 8.34. The first kappa shape index (κ1) is 16.9. The number of amides is 3. The van der Waals surface area contributed by atoms with E-state index in [2.05, 4.69) is 21.2 Å². The number of imide groups is 1. The van der Waals surface area contributed by atoms with Crippen LogP contribution in [0.5, 0.6) is 0 Å². The Morgan fingerprint density at radius 2 is 2.17 bits per heavy atom. The summed E-state index contributed by atoms with van der Waals surface area (Å²) >= 11 is 3.18. The predicted molar refractivity (Wildman–Crippen MR) is 85.3 cm³/mol.